The van der Waals surface area contributed by atoms with Gasteiger partial charge in [-0.15, -0.1) is 0 Å². The average molecular weight is 236 g/mol. The van der Waals surface area contributed by atoms with Crippen LogP contribution < -0.4 is 5.32 Å². The van der Waals surface area contributed by atoms with Crippen LogP contribution in [0.1, 0.15) is 47.0 Å². The van der Waals surface area contributed by atoms with Crippen molar-refractivity contribution in [1.82, 2.24) is 10.2 Å². The van der Waals surface area contributed by atoms with E-state index in [0.717, 1.165) is 19.0 Å². The molecule has 1 aliphatic heterocycles. The maximum absolute atomic E-state index is 3.84. The first-order valence-corrected chi connectivity index (χ1v) is 7.15. The molecule has 2 aliphatic rings. The molecule has 1 aliphatic carbocycles. The Morgan fingerprint density at radius 3 is 2.59 bits per heavy atom. The van der Waals surface area contributed by atoms with Crippen LogP contribution in [-0.2, 0) is 0 Å². The van der Waals surface area contributed by atoms with Gasteiger partial charge >= 0.3 is 0 Å². The highest BCUT2D eigenvalue weighted by Gasteiger charge is 2.48. The molecule has 1 N–H and O–H groups in total. The number of nitrogens with zero attached hydrogens (tertiary/aromatic N) is 1. The Morgan fingerprint density at radius 2 is 2.06 bits per heavy atom. The highest BCUT2D eigenvalue weighted by atomic mass is 15.3. The molecule has 2 atom stereocenters. The summed E-state index contributed by atoms with van der Waals surface area (Å²) < 4.78 is 0. The van der Waals surface area contributed by atoms with Crippen molar-refractivity contribution in [1.29, 1.82) is 0 Å². The topological polar surface area (TPSA) is 15.3 Å². The Labute approximate surface area is 106 Å². The third-order valence-electron chi connectivity index (χ3n) is 4.96. The molecule has 0 spiro atoms. The summed E-state index contributed by atoms with van der Waals surface area (Å²) in [6.07, 6.45) is 8.53. The van der Waals surface area contributed by atoms with Crippen LogP contribution in [0.15, 0.2) is 12.2 Å². The Bertz CT molecular complexity index is 295. The van der Waals surface area contributed by atoms with Crippen LogP contribution in [0.3, 0.4) is 0 Å². The molecule has 0 aromatic carbocycles. The van der Waals surface area contributed by atoms with E-state index < -0.39 is 0 Å². The van der Waals surface area contributed by atoms with E-state index in [4.69, 9.17) is 0 Å². The van der Waals surface area contributed by atoms with E-state index >= 15 is 0 Å². The summed E-state index contributed by atoms with van der Waals surface area (Å²) >= 11 is 0. The van der Waals surface area contributed by atoms with Crippen molar-refractivity contribution in [2.45, 2.75) is 58.0 Å². The Hall–Kier alpha value is -0.340. The van der Waals surface area contributed by atoms with Crippen LogP contribution >= 0.6 is 0 Å². The lowest BCUT2D eigenvalue weighted by Gasteiger charge is -2.52. The Kier molecular flexibility index (Phi) is 3.65. The Morgan fingerprint density at radius 1 is 1.35 bits per heavy atom. The highest BCUT2D eigenvalue weighted by Crippen LogP contribution is 2.42. The number of piperazine rings is 1. The van der Waals surface area contributed by atoms with Crippen molar-refractivity contribution >= 4 is 0 Å². The van der Waals surface area contributed by atoms with Gasteiger partial charge in [0.1, 0.15) is 0 Å². The van der Waals surface area contributed by atoms with Crippen molar-refractivity contribution < 1.29 is 0 Å². The molecule has 2 heteroatoms. The molecular weight excluding hydrogens is 208 g/mol. The molecule has 0 bridgehead atoms. The second-order valence-electron chi connectivity index (χ2n) is 6.35. The molecule has 1 heterocycles. The van der Waals surface area contributed by atoms with Gasteiger partial charge in [0.15, 0.2) is 0 Å². The molecule has 2 rings (SSSR count). The van der Waals surface area contributed by atoms with E-state index in [2.05, 4.69) is 50.1 Å². The normalized spacial score (nSPS) is 40.0. The predicted molar refractivity (Wildman–Crippen MR) is 74.2 cm³/mol. The molecule has 0 radical (unpaired) electrons. The molecular formula is C15H28N2. The summed E-state index contributed by atoms with van der Waals surface area (Å²) in [7, 11) is 0. The highest BCUT2D eigenvalue weighted by molar-refractivity contribution is 5.08. The maximum Gasteiger partial charge on any atom is 0.0309 e. The minimum atomic E-state index is 0.327. The zero-order valence-electron chi connectivity index (χ0n) is 11.9. The van der Waals surface area contributed by atoms with Gasteiger partial charge in [-0.2, -0.15) is 0 Å². The van der Waals surface area contributed by atoms with Gasteiger partial charge in [0, 0.05) is 30.7 Å². The van der Waals surface area contributed by atoms with Crippen LogP contribution in [0.2, 0.25) is 0 Å². The lowest BCUT2D eigenvalue weighted by molar-refractivity contribution is 0.0200. The van der Waals surface area contributed by atoms with E-state index in [0.29, 0.717) is 11.1 Å². The quantitative estimate of drug-likeness (QED) is 0.755. The van der Waals surface area contributed by atoms with E-state index in [-0.39, 0.29) is 0 Å². The van der Waals surface area contributed by atoms with Gasteiger partial charge in [0.2, 0.25) is 0 Å². The van der Waals surface area contributed by atoms with Crippen LogP contribution in [0.25, 0.3) is 0 Å². The van der Waals surface area contributed by atoms with Gasteiger partial charge in [-0.1, -0.05) is 19.1 Å². The number of hydrogen-bond acceptors (Lipinski definition) is 2. The fourth-order valence-electron chi connectivity index (χ4n) is 3.01. The number of rotatable bonds is 4. The monoisotopic (exact) mass is 236 g/mol. The smallest absolute Gasteiger partial charge is 0.0309 e. The van der Waals surface area contributed by atoms with Gasteiger partial charge in [0.05, 0.1) is 0 Å². The van der Waals surface area contributed by atoms with Crippen LogP contribution in [-0.4, -0.2) is 35.6 Å². The van der Waals surface area contributed by atoms with Crippen molar-refractivity contribution in [3.8, 4) is 0 Å². The zero-order chi connectivity index (χ0) is 12.5. The first kappa shape index (κ1) is 13.1. The largest absolute Gasteiger partial charge is 0.308 e. The molecule has 98 valence electrons. The molecule has 1 saturated heterocycles. The van der Waals surface area contributed by atoms with E-state index in [1.165, 1.54) is 25.8 Å². The van der Waals surface area contributed by atoms with E-state index in [9.17, 15) is 0 Å². The van der Waals surface area contributed by atoms with Gasteiger partial charge in [0.25, 0.3) is 0 Å². The fourth-order valence-corrected chi connectivity index (χ4v) is 3.01. The van der Waals surface area contributed by atoms with Gasteiger partial charge in [-0.25, -0.2) is 0 Å². The number of hydrogen-bond donors (Lipinski definition) is 1. The third-order valence-corrected chi connectivity index (χ3v) is 4.96. The van der Waals surface area contributed by atoms with Crippen molar-refractivity contribution in [3.63, 3.8) is 0 Å². The lowest BCUT2D eigenvalue weighted by atomic mass is 9.84. The van der Waals surface area contributed by atoms with Crippen LogP contribution in [0.4, 0.5) is 0 Å². The molecule has 0 amide bonds. The summed E-state index contributed by atoms with van der Waals surface area (Å²) in [5.74, 6) is 0.914. The second-order valence-corrected chi connectivity index (χ2v) is 6.35. The predicted octanol–water partition coefficient (Wildman–Crippen LogP) is 2.81. The van der Waals surface area contributed by atoms with Crippen molar-refractivity contribution in [2.24, 2.45) is 5.92 Å². The van der Waals surface area contributed by atoms with E-state index in [1.54, 1.807) is 0 Å². The zero-order valence-corrected chi connectivity index (χ0v) is 11.9. The van der Waals surface area contributed by atoms with Crippen molar-refractivity contribution in [2.75, 3.05) is 19.6 Å². The molecule has 2 unspecified atom stereocenters. The molecule has 0 aromatic rings. The Balaban J connectivity index is 2.09. The lowest BCUT2D eigenvalue weighted by Crippen LogP contribution is -2.68. The number of allylic oxidation sites excluding steroid dienone is 1. The molecule has 0 aromatic heterocycles. The molecule has 2 nitrogen and oxygen atoms in total. The van der Waals surface area contributed by atoms with Crippen LogP contribution in [0.5, 0.6) is 0 Å². The number of nitrogens with one attached hydrogen (secondary N) is 1. The summed E-state index contributed by atoms with van der Waals surface area (Å²) in [6, 6.07) is 0. The third kappa shape index (κ3) is 2.58. The summed E-state index contributed by atoms with van der Waals surface area (Å²) in [6.45, 7) is 12.7. The first-order valence-electron chi connectivity index (χ1n) is 7.15. The SMILES string of the molecule is C/C=C/CN1CC(C)(C2CC2)NCC1(C)CC. The van der Waals surface area contributed by atoms with Gasteiger partial charge in [-0.05, 0) is 46.0 Å². The van der Waals surface area contributed by atoms with Gasteiger partial charge < -0.3 is 5.32 Å². The molecule has 1 saturated carbocycles. The minimum absolute atomic E-state index is 0.327. The van der Waals surface area contributed by atoms with Crippen molar-refractivity contribution in [3.05, 3.63) is 12.2 Å². The minimum Gasteiger partial charge on any atom is -0.308 e. The van der Waals surface area contributed by atoms with Crippen LogP contribution in [0, 0.1) is 5.92 Å². The summed E-state index contributed by atoms with van der Waals surface area (Å²) in [5.41, 5.74) is 0.685. The standard InChI is InChI=1S/C15H28N2/c1-5-7-10-17-12-15(4,13-8-9-13)16-11-14(17,3)6-2/h5,7,13,16H,6,8-12H2,1-4H3/b7-5+. The summed E-state index contributed by atoms with van der Waals surface area (Å²) in [5, 5.41) is 3.84. The molecule has 2 fully saturated rings. The second kappa shape index (κ2) is 4.74. The van der Waals surface area contributed by atoms with Gasteiger partial charge in [-0.3, -0.25) is 4.90 Å². The fraction of sp³-hybridized carbons (Fsp3) is 0.867. The summed E-state index contributed by atoms with van der Waals surface area (Å²) in [4.78, 5) is 2.68. The first-order chi connectivity index (χ1) is 8.04. The molecule has 17 heavy (non-hydrogen) atoms. The maximum atomic E-state index is 3.84. The average Bonchev–Trinajstić information content (AvgIpc) is 3.15. The van der Waals surface area contributed by atoms with E-state index in [1.807, 2.05) is 0 Å².